The summed E-state index contributed by atoms with van der Waals surface area (Å²) in [5.41, 5.74) is 0.454. The van der Waals surface area contributed by atoms with Gasteiger partial charge in [0.25, 0.3) is 5.91 Å². The third-order valence-corrected chi connectivity index (χ3v) is 4.20. The molecule has 2 aromatic rings. The molecule has 1 fully saturated rings. The quantitative estimate of drug-likeness (QED) is 0.779. The van der Waals surface area contributed by atoms with Gasteiger partial charge in [-0.05, 0) is 37.1 Å². The van der Waals surface area contributed by atoms with E-state index in [1.807, 2.05) is 0 Å². The van der Waals surface area contributed by atoms with E-state index in [1.165, 1.54) is 18.2 Å². The highest BCUT2D eigenvalue weighted by molar-refractivity contribution is 9.10. The molecule has 0 bridgehead atoms. The Morgan fingerprint density at radius 3 is 2.55 bits per heavy atom. The lowest BCUT2D eigenvalue weighted by molar-refractivity contribution is 0.0723. The first kappa shape index (κ1) is 15.2. The molecule has 0 heterocycles. The number of hydrogen-bond acceptors (Lipinski definition) is 1. The summed E-state index contributed by atoms with van der Waals surface area (Å²) in [5, 5.41) is 0. The highest BCUT2D eigenvalue weighted by atomic mass is 79.9. The van der Waals surface area contributed by atoms with E-state index in [2.05, 4.69) is 15.9 Å². The van der Waals surface area contributed by atoms with Gasteiger partial charge in [-0.2, -0.15) is 0 Å². The molecular weight excluding hydrogens is 352 g/mol. The van der Waals surface area contributed by atoms with Crippen LogP contribution in [0.1, 0.15) is 28.8 Å². The standard InChI is InChI=1S/C17H14BrF2NO/c18-12-5-8-16(20)14(9-12)17(22)21(13-6-7-13)10-11-3-1-2-4-15(11)19/h1-5,8-9,13H,6-7,10H2. The number of carbonyl (C=O) groups is 1. The molecule has 3 rings (SSSR count). The van der Waals surface area contributed by atoms with Gasteiger partial charge in [0.15, 0.2) is 0 Å². The molecular formula is C17H14BrF2NO. The normalized spacial score (nSPS) is 14.0. The van der Waals surface area contributed by atoms with E-state index in [-0.39, 0.29) is 24.0 Å². The first-order valence-corrected chi connectivity index (χ1v) is 7.85. The summed E-state index contributed by atoms with van der Waals surface area (Å²) in [7, 11) is 0. The van der Waals surface area contributed by atoms with Crippen LogP contribution in [0.5, 0.6) is 0 Å². The number of rotatable bonds is 4. The largest absolute Gasteiger partial charge is 0.331 e. The first-order valence-electron chi connectivity index (χ1n) is 7.05. The fourth-order valence-electron chi connectivity index (χ4n) is 2.38. The molecule has 0 saturated heterocycles. The molecule has 2 nitrogen and oxygen atoms in total. The van der Waals surface area contributed by atoms with Crippen molar-refractivity contribution in [2.75, 3.05) is 0 Å². The number of halogens is 3. The molecule has 0 N–H and O–H groups in total. The fraction of sp³-hybridized carbons (Fsp3) is 0.235. The van der Waals surface area contributed by atoms with Gasteiger partial charge >= 0.3 is 0 Å². The Bertz CT molecular complexity index is 716. The summed E-state index contributed by atoms with van der Waals surface area (Å²) < 4.78 is 28.4. The molecule has 2 aromatic carbocycles. The zero-order chi connectivity index (χ0) is 15.7. The molecule has 114 valence electrons. The lowest BCUT2D eigenvalue weighted by Gasteiger charge is -2.23. The molecule has 0 radical (unpaired) electrons. The van der Waals surface area contributed by atoms with Crippen molar-refractivity contribution in [3.8, 4) is 0 Å². The molecule has 0 unspecified atom stereocenters. The molecule has 1 aliphatic carbocycles. The number of hydrogen-bond donors (Lipinski definition) is 0. The summed E-state index contributed by atoms with van der Waals surface area (Å²) in [6.07, 6.45) is 1.74. The number of amides is 1. The van der Waals surface area contributed by atoms with Gasteiger partial charge in [-0.15, -0.1) is 0 Å². The summed E-state index contributed by atoms with van der Waals surface area (Å²) in [4.78, 5) is 14.2. The first-order chi connectivity index (χ1) is 10.6. The second-order valence-corrected chi connectivity index (χ2v) is 6.30. The average Bonchev–Trinajstić information content (AvgIpc) is 3.33. The lowest BCUT2D eigenvalue weighted by atomic mass is 10.1. The van der Waals surface area contributed by atoms with Crippen molar-refractivity contribution in [3.63, 3.8) is 0 Å². The van der Waals surface area contributed by atoms with Crippen molar-refractivity contribution in [2.24, 2.45) is 0 Å². The van der Waals surface area contributed by atoms with Crippen molar-refractivity contribution >= 4 is 21.8 Å². The molecule has 1 saturated carbocycles. The molecule has 22 heavy (non-hydrogen) atoms. The van der Waals surface area contributed by atoms with Crippen LogP contribution >= 0.6 is 15.9 Å². The van der Waals surface area contributed by atoms with Crippen molar-refractivity contribution in [2.45, 2.75) is 25.4 Å². The van der Waals surface area contributed by atoms with Gasteiger partial charge in [0.1, 0.15) is 11.6 Å². The van der Waals surface area contributed by atoms with Crippen LogP contribution < -0.4 is 0 Å². The van der Waals surface area contributed by atoms with Crippen LogP contribution in [0.4, 0.5) is 8.78 Å². The van der Waals surface area contributed by atoms with E-state index < -0.39 is 11.7 Å². The Kier molecular flexibility index (Phi) is 4.25. The van der Waals surface area contributed by atoms with Crippen LogP contribution in [0, 0.1) is 11.6 Å². The van der Waals surface area contributed by atoms with E-state index in [9.17, 15) is 13.6 Å². The van der Waals surface area contributed by atoms with Crippen LogP contribution in [0.25, 0.3) is 0 Å². The molecule has 0 aliphatic heterocycles. The summed E-state index contributed by atoms with van der Waals surface area (Å²) in [6.45, 7) is 0.155. The second-order valence-electron chi connectivity index (χ2n) is 5.38. The zero-order valence-electron chi connectivity index (χ0n) is 11.7. The Labute approximate surface area is 135 Å². The van der Waals surface area contributed by atoms with Crippen molar-refractivity contribution in [1.82, 2.24) is 4.90 Å². The molecule has 1 amide bonds. The third kappa shape index (κ3) is 3.19. The van der Waals surface area contributed by atoms with E-state index in [0.29, 0.717) is 10.0 Å². The monoisotopic (exact) mass is 365 g/mol. The second kappa shape index (κ2) is 6.16. The summed E-state index contributed by atoms with van der Waals surface area (Å²) in [6, 6.07) is 10.7. The Balaban J connectivity index is 1.90. The lowest BCUT2D eigenvalue weighted by Crippen LogP contribution is -2.33. The number of benzene rings is 2. The van der Waals surface area contributed by atoms with Gasteiger partial charge in [0.05, 0.1) is 5.56 Å². The predicted octanol–water partition coefficient (Wildman–Crippen LogP) is 4.53. The van der Waals surface area contributed by atoms with Gasteiger partial charge in [-0.25, -0.2) is 8.78 Å². The van der Waals surface area contributed by atoms with Crippen molar-refractivity contribution in [3.05, 3.63) is 69.7 Å². The van der Waals surface area contributed by atoms with Crippen molar-refractivity contribution < 1.29 is 13.6 Å². The van der Waals surface area contributed by atoms with Crippen LogP contribution in [0.2, 0.25) is 0 Å². The van der Waals surface area contributed by atoms with E-state index in [4.69, 9.17) is 0 Å². The summed E-state index contributed by atoms with van der Waals surface area (Å²) >= 11 is 3.25. The number of nitrogens with zero attached hydrogens (tertiary/aromatic N) is 1. The third-order valence-electron chi connectivity index (χ3n) is 3.71. The summed E-state index contributed by atoms with van der Waals surface area (Å²) in [5.74, 6) is -1.31. The topological polar surface area (TPSA) is 20.3 Å². The van der Waals surface area contributed by atoms with Crippen LogP contribution in [0.3, 0.4) is 0 Å². The average molecular weight is 366 g/mol. The van der Waals surface area contributed by atoms with Crippen molar-refractivity contribution in [1.29, 1.82) is 0 Å². The van der Waals surface area contributed by atoms with Gasteiger partial charge in [0, 0.05) is 22.6 Å². The van der Waals surface area contributed by atoms with Gasteiger partial charge in [0.2, 0.25) is 0 Å². The van der Waals surface area contributed by atoms with E-state index >= 15 is 0 Å². The molecule has 0 aromatic heterocycles. The van der Waals surface area contributed by atoms with Gasteiger partial charge in [-0.3, -0.25) is 4.79 Å². The molecule has 5 heteroatoms. The predicted molar refractivity (Wildman–Crippen MR) is 83.4 cm³/mol. The maximum absolute atomic E-state index is 13.9. The zero-order valence-corrected chi connectivity index (χ0v) is 13.3. The number of carbonyl (C=O) groups excluding carboxylic acids is 1. The maximum atomic E-state index is 13.9. The van der Waals surface area contributed by atoms with Crippen LogP contribution in [0.15, 0.2) is 46.9 Å². The minimum absolute atomic E-state index is 0.0117. The Morgan fingerprint density at radius 1 is 1.14 bits per heavy atom. The SMILES string of the molecule is O=C(c1cc(Br)ccc1F)N(Cc1ccccc1F)C1CC1. The maximum Gasteiger partial charge on any atom is 0.257 e. The highest BCUT2D eigenvalue weighted by Gasteiger charge is 2.34. The Morgan fingerprint density at radius 2 is 1.86 bits per heavy atom. The smallest absolute Gasteiger partial charge is 0.257 e. The molecule has 0 spiro atoms. The van der Waals surface area contributed by atoms with E-state index in [1.54, 1.807) is 29.2 Å². The minimum atomic E-state index is -0.563. The fourth-order valence-corrected chi connectivity index (χ4v) is 2.74. The Hall–Kier alpha value is -1.75. The van der Waals surface area contributed by atoms with Gasteiger partial charge < -0.3 is 4.90 Å². The van der Waals surface area contributed by atoms with Gasteiger partial charge in [-0.1, -0.05) is 34.1 Å². The van der Waals surface area contributed by atoms with Crippen LogP contribution in [-0.4, -0.2) is 16.8 Å². The minimum Gasteiger partial charge on any atom is -0.331 e. The van der Waals surface area contributed by atoms with E-state index in [0.717, 1.165) is 12.8 Å². The molecule has 1 aliphatic rings. The van der Waals surface area contributed by atoms with Crippen LogP contribution in [-0.2, 0) is 6.54 Å². The molecule has 0 atom stereocenters. The highest BCUT2D eigenvalue weighted by Crippen LogP contribution is 2.31.